The van der Waals surface area contributed by atoms with Crippen LogP contribution in [0, 0.1) is 49.9 Å². The smallest absolute Gasteiger partial charge is 0.158 e. The maximum atomic E-state index is 9.94. The summed E-state index contributed by atoms with van der Waals surface area (Å²) in [6.45, 7) is 1.53. The summed E-state index contributed by atoms with van der Waals surface area (Å²) < 4.78 is 16.4. The van der Waals surface area contributed by atoms with E-state index in [-0.39, 0.29) is 64.9 Å². The van der Waals surface area contributed by atoms with Crippen LogP contribution < -0.4 is 0 Å². The van der Waals surface area contributed by atoms with Crippen molar-refractivity contribution in [3.63, 3.8) is 0 Å². The Morgan fingerprint density at radius 1 is 1.18 bits per heavy atom. The van der Waals surface area contributed by atoms with Gasteiger partial charge in [0.15, 0.2) is 6.29 Å². The van der Waals surface area contributed by atoms with E-state index in [0.717, 1.165) is 0 Å². The van der Waals surface area contributed by atoms with E-state index in [9.17, 15) is 10.2 Å². The Hall–Kier alpha value is 1.46. The zero-order chi connectivity index (χ0) is 14.7. The van der Waals surface area contributed by atoms with Crippen molar-refractivity contribution < 1.29 is 86.8 Å². The predicted molar refractivity (Wildman–Crippen MR) is 67.2 cm³/mol. The molecular weight excluding hydrogens is 690 g/mol. The zero-order valence-electron chi connectivity index (χ0n) is 12.2. The van der Waals surface area contributed by atoms with Crippen molar-refractivity contribution in [2.24, 2.45) is 5.92 Å². The van der Waals surface area contributed by atoms with Crippen molar-refractivity contribution in [3.8, 4) is 0 Å². The van der Waals surface area contributed by atoms with Gasteiger partial charge in [0.05, 0.1) is 12.7 Å². The molecule has 128 valence electrons. The molecule has 7 atom stereocenters. The van der Waals surface area contributed by atoms with Gasteiger partial charge in [-0.3, -0.25) is 6.42 Å². The van der Waals surface area contributed by atoms with Crippen molar-refractivity contribution in [1.29, 1.82) is 0 Å². The minimum atomic E-state index is -1.14. The Kier molecular flexibility index (Phi) is 11.9. The molecule has 2 fully saturated rings. The molecule has 3 unspecified atom stereocenters. The Bertz CT molecular complexity index is 310. The van der Waals surface area contributed by atoms with Crippen LogP contribution in [0.3, 0.4) is 0 Å². The van der Waals surface area contributed by atoms with E-state index in [1.165, 1.54) is 0 Å². The van der Waals surface area contributed by atoms with Gasteiger partial charge in [-0.25, -0.2) is 0 Å². The third-order valence-electron chi connectivity index (χ3n) is 3.70. The van der Waals surface area contributed by atoms with Crippen molar-refractivity contribution >= 4 is 0 Å². The average molecular weight is 712 g/mol. The van der Waals surface area contributed by atoms with E-state index < -0.39 is 43.2 Å². The molecule has 2 aliphatic heterocycles. The minimum Gasteiger partial charge on any atom is -0.439 e. The molecule has 2 aliphatic rings. The van der Waals surface area contributed by atoms with Gasteiger partial charge < -0.3 is 41.1 Å². The van der Waals surface area contributed by atoms with E-state index in [4.69, 9.17) is 24.4 Å². The van der Waals surface area contributed by atoms with Crippen LogP contribution in [0.5, 0.6) is 0 Å². The summed E-state index contributed by atoms with van der Waals surface area (Å²) in [6.07, 6.45) is -1.09. The molecule has 0 spiro atoms. The first-order valence-electron chi connectivity index (χ1n) is 6.75. The van der Waals surface area contributed by atoms with E-state index in [2.05, 4.69) is 0 Å². The van der Waals surface area contributed by atoms with Gasteiger partial charge in [-0.1, -0.05) is 13.5 Å². The van der Waals surface area contributed by atoms with E-state index in [0.29, 0.717) is 6.61 Å². The third kappa shape index (κ3) is 5.77. The molecule has 0 radical (unpaired) electrons. The molecule has 4 N–H and O–H groups in total. The van der Waals surface area contributed by atoms with Crippen LogP contribution in [0.15, 0.2) is 0 Å². The van der Waals surface area contributed by atoms with Crippen LogP contribution in [0.25, 0.3) is 0 Å². The first-order valence-corrected chi connectivity index (χ1v) is 6.75. The number of rotatable bonds is 4. The second-order valence-electron chi connectivity index (χ2n) is 5.15. The predicted octanol–water partition coefficient (Wildman–Crippen LogP) is -1.76. The van der Waals surface area contributed by atoms with Gasteiger partial charge in [0.2, 0.25) is 0 Å². The van der Waals surface area contributed by atoms with Crippen molar-refractivity contribution in [2.75, 3.05) is 19.8 Å². The number of hydrogen-bond donors (Lipinski definition) is 4. The zero-order valence-corrected chi connectivity index (χ0v) is 19.3. The number of ether oxygens (including phenoxy) is 3. The first-order chi connectivity index (χ1) is 9.56. The molecule has 0 bridgehead atoms. The Labute approximate surface area is 168 Å². The molecule has 22 heavy (non-hydrogen) atoms. The molecule has 7 nitrogen and oxygen atoms in total. The molecule has 0 saturated carbocycles. The summed E-state index contributed by atoms with van der Waals surface area (Å²) in [7, 11) is 0. The SMILES string of the molecule is CC1[C@H](O[C@@H]2[CH-]COC(CO)[CH-]2)OC(CO)[C@@H](O)[C@@H]1O.[U].[W]. The summed E-state index contributed by atoms with van der Waals surface area (Å²) in [6, 6.07) is 0. The normalized spacial score (nSPS) is 42.1. The topological polar surface area (TPSA) is 109 Å². The fourth-order valence-corrected chi connectivity index (χ4v) is 2.36. The first kappa shape index (κ1) is 23.5. The van der Waals surface area contributed by atoms with Crippen LogP contribution in [0.4, 0.5) is 0 Å². The second kappa shape index (κ2) is 11.1. The van der Waals surface area contributed by atoms with Gasteiger partial charge in [-0.2, -0.15) is 6.10 Å². The summed E-state index contributed by atoms with van der Waals surface area (Å²) in [5.41, 5.74) is 0. The number of aliphatic hydroxyl groups is 4. The summed E-state index contributed by atoms with van der Waals surface area (Å²) in [5.74, 6) is -0.440. The standard InChI is InChI=1S/C13H22O7.U.W/c1-7-11(16)12(17)10(6-15)20-13(7)19-8-2-3-18-9(4-8)5-14;;/h2,4,7-17H,3,5-6H2,1H3;;/q-2;;/t7?,8-,9?,10?,11-,12-,13-;;/m1../s1. The van der Waals surface area contributed by atoms with Gasteiger partial charge >= 0.3 is 0 Å². The molecule has 9 heteroatoms. The molecule has 2 rings (SSSR count). The molecular formula is C13H22O7UW-2. The molecule has 2 saturated heterocycles. The van der Waals surface area contributed by atoms with Gasteiger partial charge in [-0.05, 0) is 6.10 Å². The quantitative estimate of drug-likeness (QED) is 0.256. The fraction of sp³-hybridized carbons (Fsp3) is 0.846. The summed E-state index contributed by atoms with van der Waals surface area (Å²) >= 11 is 0. The molecule has 0 aromatic carbocycles. The molecule has 2 heterocycles. The van der Waals surface area contributed by atoms with Crippen molar-refractivity contribution in [1.82, 2.24) is 0 Å². The fourth-order valence-electron chi connectivity index (χ4n) is 2.36. The molecule has 0 aromatic rings. The van der Waals surface area contributed by atoms with Gasteiger partial charge in [0.1, 0.15) is 12.2 Å². The van der Waals surface area contributed by atoms with E-state index in [1.807, 2.05) is 0 Å². The van der Waals surface area contributed by atoms with Crippen LogP contribution >= 0.6 is 0 Å². The Morgan fingerprint density at radius 3 is 2.45 bits per heavy atom. The largest absolute Gasteiger partial charge is 0.439 e. The monoisotopic (exact) mass is 712 g/mol. The molecule has 0 aliphatic carbocycles. The van der Waals surface area contributed by atoms with Gasteiger partial charge in [0, 0.05) is 64.7 Å². The van der Waals surface area contributed by atoms with Crippen LogP contribution in [-0.2, 0) is 35.3 Å². The van der Waals surface area contributed by atoms with Crippen LogP contribution in [0.1, 0.15) is 6.92 Å². The van der Waals surface area contributed by atoms with Gasteiger partial charge in [-0.15, -0.1) is 0 Å². The number of hydrogen-bond acceptors (Lipinski definition) is 7. The van der Waals surface area contributed by atoms with Gasteiger partial charge in [0.25, 0.3) is 0 Å². The van der Waals surface area contributed by atoms with Crippen LogP contribution in [-0.4, -0.2) is 77.1 Å². The minimum absolute atomic E-state index is 0. The molecule has 0 amide bonds. The van der Waals surface area contributed by atoms with E-state index in [1.54, 1.807) is 19.8 Å². The van der Waals surface area contributed by atoms with Crippen molar-refractivity contribution in [3.05, 3.63) is 12.8 Å². The average Bonchev–Trinajstić information content (AvgIpc) is 2.48. The van der Waals surface area contributed by atoms with Crippen LogP contribution in [0.2, 0.25) is 0 Å². The summed E-state index contributed by atoms with van der Waals surface area (Å²) in [4.78, 5) is 0. The van der Waals surface area contributed by atoms with Crippen molar-refractivity contribution in [2.45, 2.75) is 43.7 Å². The summed E-state index contributed by atoms with van der Waals surface area (Å²) in [5, 5.41) is 37.9. The second-order valence-corrected chi connectivity index (χ2v) is 5.15. The maximum Gasteiger partial charge on any atom is 0.158 e. The maximum absolute atomic E-state index is 9.94. The molecule has 0 aromatic heterocycles. The van der Waals surface area contributed by atoms with E-state index >= 15 is 0 Å². The Balaban J connectivity index is 0.00000220. The Morgan fingerprint density at radius 2 is 1.86 bits per heavy atom. The third-order valence-corrected chi connectivity index (χ3v) is 3.70. The number of aliphatic hydroxyl groups excluding tert-OH is 4.